The smallest absolute Gasteiger partial charge is 0.255 e. The molecule has 7 heteroatoms. The number of rotatable bonds is 4. The van der Waals surface area contributed by atoms with Crippen LogP contribution in [0.5, 0.6) is 0 Å². The third-order valence-corrected chi connectivity index (χ3v) is 3.29. The van der Waals surface area contributed by atoms with E-state index in [-0.39, 0.29) is 12.5 Å². The van der Waals surface area contributed by atoms with E-state index in [0.29, 0.717) is 18.3 Å². The first-order valence-electron chi connectivity index (χ1n) is 6.51. The number of hydrogen-bond acceptors (Lipinski definition) is 2. The van der Waals surface area contributed by atoms with Gasteiger partial charge in [-0.3, -0.25) is 9.79 Å². The predicted molar refractivity (Wildman–Crippen MR) is 70.3 cm³/mol. The predicted octanol–water partition coefficient (Wildman–Crippen LogP) is 0.675. The van der Waals surface area contributed by atoms with Crippen molar-refractivity contribution in [2.75, 3.05) is 33.7 Å². The molecule has 0 saturated carbocycles. The van der Waals surface area contributed by atoms with E-state index in [2.05, 4.69) is 15.6 Å². The Kier molecular flexibility index (Phi) is 6.52. The first kappa shape index (κ1) is 15.7. The molecule has 0 radical (unpaired) electrons. The summed E-state index contributed by atoms with van der Waals surface area (Å²) in [7, 11) is 3.22. The monoisotopic (exact) mass is 276 g/mol. The summed E-state index contributed by atoms with van der Waals surface area (Å²) in [5, 5.41) is 5.27. The highest BCUT2D eigenvalue weighted by molar-refractivity contribution is 5.80. The summed E-state index contributed by atoms with van der Waals surface area (Å²) in [6, 6.07) is 0. The van der Waals surface area contributed by atoms with Crippen molar-refractivity contribution in [1.82, 2.24) is 15.5 Å². The van der Waals surface area contributed by atoms with Crippen molar-refractivity contribution in [2.45, 2.75) is 25.7 Å². The van der Waals surface area contributed by atoms with Crippen LogP contribution in [0.25, 0.3) is 0 Å². The Hall–Kier alpha value is -1.40. The zero-order chi connectivity index (χ0) is 14.3. The molecule has 0 atom stereocenters. The third kappa shape index (κ3) is 5.40. The Balaban J connectivity index is 2.37. The summed E-state index contributed by atoms with van der Waals surface area (Å²) in [4.78, 5) is 17.3. The Morgan fingerprint density at radius 1 is 1.42 bits per heavy atom. The van der Waals surface area contributed by atoms with E-state index < -0.39 is 6.43 Å². The molecule has 0 bridgehead atoms. The number of hydrogen-bond donors (Lipinski definition) is 2. The number of nitrogens with zero attached hydrogens (tertiary/aromatic N) is 2. The number of piperidine rings is 1. The SMILES string of the molecule is CN=C(NCC(F)F)N1CCC(CC(=O)NC)CC1. The summed E-state index contributed by atoms with van der Waals surface area (Å²) in [6.07, 6.45) is -0.0959. The molecule has 0 aliphatic carbocycles. The number of amides is 1. The van der Waals surface area contributed by atoms with Gasteiger partial charge in [-0.2, -0.15) is 0 Å². The van der Waals surface area contributed by atoms with Gasteiger partial charge < -0.3 is 15.5 Å². The number of aliphatic imine (C=N–C) groups is 1. The number of nitrogens with one attached hydrogen (secondary N) is 2. The maximum Gasteiger partial charge on any atom is 0.255 e. The second-order valence-corrected chi connectivity index (χ2v) is 4.63. The minimum atomic E-state index is -2.39. The van der Waals surface area contributed by atoms with E-state index >= 15 is 0 Å². The van der Waals surface area contributed by atoms with Gasteiger partial charge in [-0.1, -0.05) is 0 Å². The molecular formula is C12H22F2N4O. The number of alkyl halides is 2. The van der Waals surface area contributed by atoms with Crippen LogP contribution in [0.15, 0.2) is 4.99 Å². The van der Waals surface area contributed by atoms with Crippen LogP contribution in [-0.4, -0.2) is 56.9 Å². The average Bonchev–Trinajstić information content (AvgIpc) is 2.40. The summed E-state index contributed by atoms with van der Waals surface area (Å²) < 4.78 is 24.3. The normalized spacial score (nSPS) is 17.7. The number of carbonyl (C=O) groups is 1. The molecule has 2 N–H and O–H groups in total. The van der Waals surface area contributed by atoms with E-state index in [1.807, 2.05) is 4.90 Å². The highest BCUT2D eigenvalue weighted by Gasteiger charge is 2.23. The summed E-state index contributed by atoms with van der Waals surface area (Å²) in [5.74, 6) is 0.932. The Bertz CT molecular complexity index is 315. The molecular weight excluding hydrogens is 254 g/mol. The standard InChI is InChI=1S/C12H22F2N4O/c1-15-11(19)7-9-3-5-18(6-4-9)12(16-2)17-8-10(13)14/h9-10H,3-8H2,1-2H3,(H,15,19)(H,16,17). The maximum absolute atomic E-state index is 12.2. The van der Waals surface area contributed by atoms with Crippen LogP contribution < -0.4 is 10.6 Å². The van der Waals surface area contributed by atoms with Crippen LogP contribution >= 0.6 is 0 Å². The molecule has 0 spiro atoms. The lowest BCUT2D eigenvalue weighted by atomic mass is 9.93. The Morgan fingerprint density at radius 3 is 2.53 bits per heavy atom. The lowest BCUT2D eigenvalue weighted by Crippen LogP contribution is -2.47. The molecule has 5 nitrogen and oxygen atoms in total. The fourth-order valence-corrected chi connectivity index (χ4v) is 2.21. The van der Waals surface area contributed by atoms with Crippen molar-refractivity contribution in [1.29, 1.82) is 0 Å². The molecule has 0 aromatic rings. The Morgan fingerprint density at radius 2 is 2.05 bits per heavy atom. The molecule has 0 aromatic carbocycles. The van der Waals surface area contributed by atoms with Gasteiger partial charge in [0.2, 0.25) is 5.91 Å². The minimum Gasteiger partial charge on any atom is -0.359 e. The molecule has 1 amide bonds. The molecule has 1 saturated heterocycles. The van der Waals surface area contributed by atoms with Crippen molar-refractivity contribution in [2.24, 2.45) is 10.9 Å². The van der Waals surface area contributed by atoms with E-state index in [4.69, 9.17) is 0 Å². The van der Waals surface area contributed by atoms with E-state index in [1.165, 1.54) is 0 Å². The van der Waals surface area contributed by atoms with E-state index in [1.54, 1.807) is 14.1 Å². The zero-order valence-electron chi connectivity index (χ0n) is 11.5. The molecule has 0 aromatic heterocycles. The van der Waals surface area contributed by atoms with Gasteiger partial charge in [-0.15, -0.1) is 0 Å². The van der Waals surface area contributed by atoms with Gasteiger partial charge in [-0.05, 0) is 18.8 Å². The average molecular weight is 276 g/mol. The molecule has 19 heavy (non-hydrogen) atoms. The van der Waals surface area contributed by atoms with Crippen molar-refractivity contribution in [3.8, 4) is 0 Å². The number of guanidine groups is 1. The van der Waals surface area contributed by atoms with E-state index in [0.717, 1.165) is 25.9 Å². The summed E-state index contributed by atoms with van der Waals surface area (Å²) in [6.45, 7) is 1.10. The van der Waals surface area contributed by atoms with Crippen LogP contribution in [0.2, 0.25) is 0 Å². The lowest BCUT2D eigenvalue weighted by Gasteiger charge is -2.34. The highest BCUT2D eigenvalue weighted by atomic mass is 19.3. The fraction of sp³-hybridized carbons (Fsp3) is 0.833. The minimum absolute atomic E-state index is 0.0543. The van der Waals surface area contributed by atoms with Gasteiger partial charge in [0, 0.05) is 33.6 Å². The maximum atomic E-state index is 12.2. The number of likely N-dealkylation sites (tertiary alicyclic amines) is 1. The van der Waals surface area contributed by atoms with Crippen molar-refractivity contribution >= 4 is 11.9 Å². The molecule has 1 fully saturated rings. The molecule has 1 aliphatic heterocycles. The Labute approximate surface area is 112 Å². The van der Waals surface area contributed by atoms with Gasteiger partial charge in [0.1, 0.15) is 0 Å². The van der Waals surface area contributed by atoms with Crippen LogP contribution in [0.3, 0.4) is 0 Å². The van der Waals surface area contributed by atoms with Crippen LogP contribution in [0, 0.1) is 5.92 Å². The first-order valence-corrected chi connectivity index (χ1v) is 6.51. The number of carbonyl (C=O) groups excluding carboxylic acids is 1. The fourth-order valence-electron chi connectivity index (χ4n) is 2.21. The largest absolute Gasteiger partial charge is 0.359 e. The van der Waals surface area contributed by atoms with Gasteiger partial charge >= 0.3 is 0 Å². The summed E-state index contributed by atoms with van der Waals surface area (Å²) >= 11 is 0. The first-order chi connectivity index (χ1) is 9.06. The van der Waals surface area contributed by atoms with Crippen LogP contribution in [0.1, 0.15) is 19.3 Å². The quantitative estimate of drug-likeness (QED) is 0.586. The van der Waals surface area contributed by atoms with E-state index in [9.17, 15) is 13.6 Å². The molecule has 110 valence electrons. The van der Waals surface area contributed by atoms with Gasteiger partial charge in [-0.25, -0.2) is 8.78 Å². The van der Waals surface area contributed by atoms with Crippen LogP contribution in [-0.2, 0) is 4.79 Å². The summed E-state index contributed by atoms with van der Waals surface area (Å²) in [5.41, 5.74) is 0. The van der Waals surface area contributed by atoms with Gasteiger partial charge in [0.25, 0.3) is 6.43 Å². The molecule has 1 aliphatic rings. The number of halogens is 2. The van der Waals surface area contributed by atoms with Crippen LogP contribution in [0.4, 0.5) is 8.78 Å². The third-order valence-electron chi connectivity index (χ3n) is 3.29. The second kappa shape index (κ2) is 7.91. The topological polar surface area (TPSA) is 56.7 Å². The lowest BCUT2D eigenvalue weighted by molar-refractivity contribution is -0.121. The molecule has 1 heterocycles. The highest BCUT2D eigenvalue weighted by Crippen LogP contribution is 2.20. The zero-order valence-corrected chi connectivity index (χ0v) is 11.5. The van der Waals surface area contributed by atoms with Gasteiger partial charge in [0.05, 0.1) is 6.54 Å². The molecule has 1 rings (SSSR count). The van der Waals surface area contributed by atoms with Crippen molar-refractivity contribution in [3.63, 3.8) is 0 Å². The second-order valence-electron chi connectivity index (χ2n) is 4.63. The molecule has 0 unspecified atom stereocenters. The van der Waals surface area contributed by atoms with Crippen molar-refractivity contribution < 1.29 is 13.6 Å². The van der Waals surface area contributed by atoms with Gasteiger partial charge in [0.15, 0.2) is 5.96 Å². The van der Waals surface area contributed by atoms with Crippen molar-refractivity contribution in [3.05, 3.63) is 0 Å².